The topological polar surface area (TPSA) is 90.7 Å². The predicted octanol–water partition coefficient (Wildman–Crippen LogP) is 4.15. The third-order valence-electron chi connectivity index (χ3n) is 4.28. The van der Waals surface area contributed by atoms with Crippen molar-refractivity contribution in [3.63, 3.8) is 0 Å². The number of halogens is 1. The van der Waals surface area contributed by atoms with Crippen LogP contribution in [0.2, 0.25) is 5.02 Å². The number of rotatable bonds is 5. The summed E-state index contributed by atoms with van der Waals surface area (Å²) in [6, 6.07) is 9.24. The third-order valence-corrected chi connectivity index (χ3v) is 4.60. The van der Waals surface area contributed by atoms with Gasteiger partial charge in [-0.3, -0.25) is 14.9 Å². The van der Waals surface area contributed by atoms with E-state index in [-0.39, 0.29) is 28.2 Å². The number of nitro groups is 1. The van der Waals surface area contributed by atoms with E-state index >= 15 is 0 Å². The highest BCUT2D eigenvalue weighted by atomic mass is 35.5. The third kappa shape index (κ3) is 4.14. The fourth-order valence-corrected chi connectivity index (χ4v) is 3.09. The molecule has 0 unspecified atom stereocenters. The van der Waals surface area contributed by atoms with E-state index in [1.807, 2.05) is 32.0 Å². The summed E-state index contributed by atoms with van der Waals surface area (Å²) >= 11 is 5.82. The molecule has 2 aromatic rings. The lowest BCUT2D eigenvalue weighted by molar-refractivity contribution is -0.384. The van der Waals surface area contributed by atoms with Crippen LogP contribution in [0.3, 0.4) is 0 Å². The van der Waals surface area contributed by atoms with Crippen molar-refractivity contribution in [3.8, 4) is 11.5 Å². The Labute approximate surface area is 161 Å². The molecule has 0 aliphatic carbocycles. The van der Waals surface area contributed by atoms with E-state index in [1.54, 1.807) is 0 Å². The molecule has 0 bridgehead atoms. The number of carbonyl (C=O) groups is 1. The zero-order valence-corrected chi connectivity index (χ0v) is 15.7. The van der Waals surface area contributed by atoms with Gasteiger partial charge in [-0.05, 0) is 35.7 Å². The fourth-order valence-electron chi connectivity index (χ4n) is 2.91. The summed E-state index contributed by atoms with van der Waals surface area (Å²) in [7, 11) is 0. The second-order valence-corrected chi connectivity index (χ2v) is 6.93. The number of hydrogen-bond acceptors (Lipinski definition) is 5. The Kier molecular flexibility index (Phi) is 5.51. The van der Waals surface area contributed by atoms with E-state index in [1.165, 1.54) is 18.2 Å². The molecule has 1 aliphatic heterocycles. The largest absolute Gasteiger partial charge is 0.486 e. The molecule has 1 atom stereocenters. The van der Waals surface area contributed by atoms with Crippen LogP contribution in [0.5, 0.6) is 11.5 Å². The first-order valence-electron chi connectivity index (χ1n) is 8.51. The molecule has 0 fully saturated rings. The molecule has 8 heteroatoms. The van der Waals surface area contributed by atoms with Crippen molar-refractivity contribution in [2.75, 3.05) is 13.2 Å². The van der Waals surface area contributed by atoms with E-state index in [9.17, 15) is 14.9 Å². The van der Waals surface area contributed by atoms with Gasteiger partial charge >= 0.3 is 0 Å². The molecule has 1 N–H and O–H groups in total. The van der Waals surface area contributed by atoms with Gasteiger partial charge in [0.1, 0.15) is 18.2 Å². The molecule has 142 valence electrons. The van der Waals surface area contributed by atoms with Crippen LogP contribution in [0.4, 0.5) is 5.69 Å². The number of carbonyl (C=O) groups excluding carboxylic acids is 1. The number of nitrogens with one attached hydrogen (secondary N) is 1. The maximum atomic E-state index is 12.7. The summed E-state index contributed by atoms with van der Waals surface area (Å²) in [5.41, 5.74) is 0.741. The summed E-state index contributed by atoms with van der Waals surface area (Å²) < 4.78 is 11.1. The Balaban J connectivity index is 1.85. The quantitative estimate of drug-likeness (QED) is 0.611. The van der Waals surface area contributed by atoms with Gasteiger partial charge in [0.15, 0.2) is 11.5 Å². The van der Waals surface area contributed by atoms with Gasteiger partial charge in [0.25, 0.3) is 11.6 Å². The molecule has 7 nitrogen and oxygen atoms in total. The minimum absolute atomic E-state index is 0.0104. The number of benzene rings is 2. The number of amides is 1. The first-order chi connectivity index (χ1) is 12.9. The molecule has 0 radical (unpaired) electrons. The highest BCUT2D eigenvalue weighted by Gasteiger charge is 2.23. The molecule has 0 spiro atoms. The number of nitrogens with zero attached hydrogens (tertiary/aromatic N) is 1. The van der Waals surface area contributed by atoms with Crippen molar-refractivity contribution in [1.29, 1.82) is 0 Å². The van der Waals surface area contributed by atoms with Gasteiger partial charge in [0.05, 0.1) is 11.0 Å². The number of hydrogen-bond donors (Lipinski definition) is 1. The van der Waals surface area contributed by atoms with Gasteiger partial charge in [-0.2, -0.15) is 0 Å². The standard InChI is InChI=1S/C19H19ClN2O5/c1-11(2)18(12-4-6-16-17(10-12)27-8-7-26-16)21-19(23)13-3-5-14(20)15(9-13)22(24)25/h3-6,9-11,18H,7-8H2,1-2H3,(H,21,23)/t18-/m1/s1. The van der Waals surface area contributed by atoms with Gasteiger partial charge in [0.2, 0.25) is 0 Å². The highest BCUT2D eigenvalue weighted by molar-refractivity contribution is 6.32. The van der Waals surface area contributed by atoms with Crippen molar-refractivity contribution in [2.24, 2.45) is 5.92 Å². The minimum atomic E-state index is -0.611. The Bertz CT molecular complexity index is 884. The molecule has 1 aliphatic rings. The Morgan fingerprint density at radius 1 is 1.15 bits per heavy atom. The van der Waals surface area contributed by atoms with Crippen LogP contribution >= 0.6 is 11.6 Å². The molecule has 0 saturated carbocycles. The van der Waals surface area contributed by atoms with Crippen LogP contribution in [0, 0.1) is 16.0 Å². The smallest absolute Gasteiger partial charge is 0.288 e. The molecular weight excluding hydrogens is 372 g/mol. The van der Waals surface area contributed by atoms with Crippen LogP contribution in [0.1, 0.15) is 35.8 Å². The normalized spacial score (nSPS) is 13.9. The van der Waals surface area contributed by atoms with Crippen molar-refractivity contribution in [1.82, 2.24) is 5.32 Å². The average molecular weight is 391 g/mol. The molecular formula is C19H19ClN2O5. The maximum Gasteiger partial charge on any atom is 0.288 e. The van der Waals surface area contributed by atoms with E-state index in [2.05, 4.69) is 5.32 Å². The zero-order chi connectivity index (χ0) is 19.6. The van der Waals surface area contributed by atoms with Gasteiger partial charge in [-0.15, -0.1) is 0 Å². The summed E-state index contributed by atoms with van der Waals surface area (Å²) in [5.74, 6) is 0.982. The van der Waals surface area contributed by atoms with Crippen molar-refractivity contribution in [2.45, 2.75) is 19.9 Å². The first kappa shape index (κ1) is 19.0. The van der Waals surface area contributed by atoms with Crippen LogP contribution < -0.4 is 14.8 Å². The summed E-state index contributed by atoms with van der Waals surface area (Å²) in [6.45, 7) is 4.94. The summed E-state index contributed by atoms with van der Waals surface area (Å²) in [4.78, 5) is 23.1. The van der Waals surface area contributed by atoms with E-state index in [4.69, 9.17) is 21.1 Å². The SMILES string of the molecule is CC(C)[C@@H](NC(=O)c1ccc(Cl)c([N+](=O)[O-])c1)c1ccc2c(c1)OCCO2. The second-order valence-electron chi connectivity index (χ2n) is 6.52. The molecule has 2 aromatic carbocycles. The minimum Gasteiger partial charge on any atom is -0.486 e. The predicted molar refractivity (Wildman–Crippen MR) is 101 cm³/mol. The molecule has 27 heavy (non-hydrogen) atoms. The molecule has 1 amide bonds. The zero-order valence-electron chi connectivity index (χ0n) is 14.9. The van der Waals surface area contributed by atoms with E-state index < -0.39 is 10.8 Å². The van der Waals surface area contributed by atoms with Crippen LogP contribution in [0.15, 0.2) is 36.4 Å². The molecule has 0 aromatic heterocycles. The lowest BCUT2D eigenvalue weighted by Crippen LogP contribution is -2.32. The van der Waals surface area contributed by atoms with Gasteiger partial charge in [0, 0.05) is 11.6 Å². The van der Waals surface area contributed by atoms with Crippen molar-refractivity contribution >= 4 is 23.2 Å². The van der Waals surface area contributed by atoms with Crippen LogP contribution in [0.25, 0.3) is 0 Å². The molecule has 0 saturated heterocycles. The van der Waals surface area contributed by atoms with Gasteiger partial charge < -0.3 is 14.8 Å². The molecule has 3 rings (SSSR count). The monoisotopic (exact) mass is 390 g/mol. The lowest BCUT2D eigenvalue weighted by atomic mass is 9.95. The second kappa shape index (κ2) is 7.84. The maximum absolute atomic E-state index is 12.7. The van der Waals surface area contributed by atoms with Crippen molar-refractivity contribution in [3.05, 3.63) is 62.7 Å². The fraction of sp³-hybridized carbons (Fsp3) is 0.316. The summed E-state index contributed by atoms with van der Waals surface area (Å²) in [5, 5.41) is 14.0. The van der Waals surface area contributed by atoms with Gasteiger partial charge in [-0.25, -0.2) is 0 Å². The number of nitro benzene ring substituents is 1. The first-order valence-corrected chi connectivity index (χ1v) is 8.89. The van der Waals surface area contributed by atoms with E-state index in [0.717, 1.165) is 5.56 Å². The Morgan fingerprint density at radius 2 is 1.85 bits per heavy atom. The average Bonchev–Trinajstić information content (AvgIpc) is 2.65. The molecule has 1 heterocycles. The Morgan fingerprint density at radius 3 is 2.52 bits per heavy atom. The Hall–Kier alpha value is -2.80. The van der Waals surface area contributed by atoms with Crippen LogP contribution in [-0.4, -0.2) is 24.0 Å². The highest BCUT2D eigenvalue weighted by Crippen LogP contribution is 2.34. The number of fused-ring (bicyclic) bond motifs is 1. The van der Waals surface area contributed by atoms with Gasteiger partial charge in [-0.1, -0.05) is 31.5 Å². The van der Waals surface area contributed by atoms with Crippen molar-refractivity contribution < 1.29 is 19.2 Å². The van der Waals surface area contributed by atoms with E-state index in [0.29, 0.717) is 24.7 Å². The van der Waals surface area contributed by atoms with Crippen LogP contribution in [-0.2, 0) is 0 Å². The lowest BCUT2D eigenvalue weighted by Gasteiger charge is -2.25. The summed E-state index contributed by atoms with van der Waals surface area (Å²) in [6.07, 6.45) is 0. The number of ether oxygens (including phenoxy) is 2.